The van der Waals surface area contributed by atoms with Crippen molar-refractivity contribution >= 4 is 23.6 Å². The summed E-state index contributed by atoms with van der Waals surface area (Å²) in [7, 11) is 1.49. The van der Waals surface area contributed by atoms with Gasteiger partial charge in [0.05, 0.1) is 7.11 Å². The maximum atomic E-state index is 12.3. The maximum absolute atomic E-state index is 12.3. The van der Waals surface area contributed by atoms with E-state index in [9.17, 15) is 9.59 Å². The van der Waals surface area contributed by atoms with Gasteiger partial charge >= 0.3 is 0 Å². The Morgan fingerprint density at radius 3 is 2.59 bits per heavy atom. The Kier molecular flexibility index (Phi) is 5.96. The van der Waals surface area contributed by atoms with Crippen molar-refractivity contribution in [3.8, 4) is 11.5 Å². The molecule has 0 aliphatic carbocycles. The molecule has 0 bridgehead atoms. The van der Waals surface area contributed by atoms with Gasteiger partial charge < -0.3 is 19.7 Å². The van der Waals surface area contributed by atoms with Crippen molar-refractivity contribution in [2.45, 2.75) is 19.8 Å². The van der Waals surface area contributed by atoms with E-state index in [0.29, 0.717) is 17.1 Å². The van der Waals surface area contributed by atoms with Crippen molar-refractivity contribution in [3.63, 3.8) is 0 Å². The molecule has 0 saturated carbocycles. The number of aldehydes is 1. The van der Waals surface area contributed by atoms with Gasteiger partial charge in [0, 0.05) is 30.0 Å². The zero-order chi connectivity index (χ0) is 19.2. The Balaban J connectivity index is 1.60. The summed E-state index contributed by atoms with van der Waals surface area (Å²) in [5.41, 5.74) is 3.46. The van der Waals surface area contributed by atoms with Crippen LogP contribution < -0.4 is 19.7 Å². The van der Waals surface area contributed by atoms with Crippen molar-refractivity contribution in [3.05, 3.63) is 47.5 Å². The minimum Gasteiger partial charge on any atom is -0.493 e. The van der Waals surface area contributed by atoms with E-state index in [0.717, 1.165) is 30.6 Å². The largest absolute Gasteiger partial charge is 0.493 e. The van der Waals surface area contributed by atoms with E-state index < -0.39 is 0 Å². The molecule has 0 atom stereocenters. The van der Waals surface area contributed by atoms with E-state index in [1.165, 1.54) is 25.6 Å². The molecule has 1 saturated heterocycles. The number of benzene rings is 2. The van der Waals surface area contributed by atoms with Gasteiger partial charge in [0.15, 0.2) is 18.1 Å². The minimum atomic E-state index is -0.256. The van der Waals surface area contributed by atoms with E-state index in [2.05, 4.69) is 16.3 Å². The molecule has 1 heterocycles. The molecule has 6 heteroatoms. The van der Waals surface area contributed by atoms with Crippen LogP contribution in [0.1, 0.15) is 28.8 Å². The van der Waals surface area contributed by atoms with Crippen molar-refractivity contribution in [1.29, 1.82) is 0 Å². The molecular weight excluding hydrogens is 344 g/mol. The van der Waals surface area contributed by atoms with Crippen LogP contribution in [0.3, 0.4) is 0 Å². The summed E-state index contributed by atoms with van der Waals surface area (Å²) in [4.78, 5) is 25.4. The van der Waals surface area contributed by atoms with E-state index in [-0.39, 0.29) is 12.5 Å². The molecule has 142 valence electrons. The van der Waals surface area contributed by atoms with Crippen molar-refractivity contribution < 1.29 is 19.1 Å². The summed E-state index contributed by atoms with van der Waals surface area (Å²) in [6.45, 7) is 4.01. The highest BCUT2D eigenvalue weighted by molar-refractivity contribution is 5.93. The average Bonchev–Trinajstić information content (AvgIpc) is 3.22. The molecule has 0 unspecified atom stereocenters. The molecule has 27 heavy (non-hydrogen) atoms. The molecule has 1 aliphatic heterocycles. The first-order chi connectivity index (χ1) is 13.1. The molecule has 2 aromatic carbocycles. The number of hydrogen-bond donors (Lipinski definition) is 1. The lowest BCUT2D eigenvalue weighted by Crippen LogP contribution is -2.21. The third-order valence-electron chi connectivity index (χ3n) is 4.64. The van der Waals surface area contributed by atoms with Gasteiger partial charge in [-0.1, -0.05) is 0 Å². The summed E-state index contributed by atoms with van der Waals surface area (Å²) in [6, 6.07) is 10.9. The third-order valence-corrected chi connectivity index (χ3v) is 4.64. The van der Waals surface area contributed by atoms with Crippen LogP contribution in [0, 0.1) is 6.92 Å². The second-order valence-electron chi connectivity index (χ2n) is 6.56. The molecule has 1 fully saturated rings. The first-order valence-electron chi connectivity index (χ1n) is 9.02. The Bertz CT molecular complexity index is 829. The van der Waals surface area contributed by atoms with Crippen molar-refractivity contribution in [1.82, 2.24) is 0 Å². The lowest BCUT2D eigenvalue weighted by Gasteiger charge is -2.19. The van der Waals surface area contributed by atoms with Crippen LogP contribution in [-0.4, -0.2) is 39.0 Å². The summed E-state index contributed by atoms with van der Waals surface area (Å²) in [5, 5.41) is 2.88. The van der Waals surface area contributed by atoms with Gasteiger partial charge in [-0.25, -0.2) is 0 Å². The number of carbonyl (C=O) groups is 2. The zero-order valence-corrected chi connectivity index (χ0v) is 15.7. The number of methoxy groups -OCH3 is 1. The second kappa shape index (κ2) is 8.58. The van der Waals surface area contributed by atoms with Gasteiger partial charge in [0.25, 0.3) is 5.91 Å². The quantitative estimate of drug-likeness (QED) is 0.759. The highest BCUT2D eigenvalue weighted by atomic mass is 16.5. The highest BCUT2D eigenvalue weighted by Crippen LogP contribution is 2.28. The number of amides is 1. The second-order valence-corrected chi connectivity index (χ2v) is 6.56. The fraction of sp³-hybridized carbons (Fsp3) is 0.333. The lowest BCUT2D eigenvalue weighted by atomic mass is 10.1. The first kappa shape index (κ1) is 18.8. The Hall–Kier alpha value is -3.02. The monoisotopic (exact) mass is 368 g/mol. The highest BCUT2D eigenvalue weighted by Gasteiger charge is 2.14. The molecule has 2 aromatic rings. The zero-order valence-electron chi connectivity index (χ0n) is 15.7. The lowest BCUT2D eigenvalue weighted by molar-refractivity contribution is -0.118. The topological polar surface area (TPSA) is 67.9 Å². The number of carbonyl (C=O) groups excluding carboxylic acids is 2. The van der Waals surface area contributed by atoms with Crippen LogP contribution in [0.4, 0.5) is 11.4 Å². The summed E-state index contributed by atoms with van der Waals surface area (Å²) in [6.07, 6.45) is 3.19. The summed E-state index contributed by atoms with van der Waals surface area (Å²) >= 11 is 0. The van der Waals surface area contributed by atoms with Crippen LogP contribution >= 0.6 is 0 Å². The smallest absolute Gasteiger partial charge is 0.262 e. The predicted octanol–water partition coefficient (Wildman–Crippen LogP) is 3.43. The molecule has 0 aromatic heterocycles. The van der Waals surface area contributed by atoms with Crippen molar-refractivity contribution in [2.75, 3.05) is 37.0 Å². The van der Waals surface area contributed by atoms with Gasteiger partial charge in [0.1, 0.15) is 6.29 Å². The molecular formula is C21H24N2O4. The Morgan fingerprint density at radius 2 is 1.93 bits per heavy atom. The molecule has 0 radical (unpaired) electrons. The van der Waals surface area contributed by atoms with E-state index in [1.54, 1.807) is 18.2 Å². The fourth-order valence-electron chi connectivity index (χ4n) is 3.17. The molecule has 6 nitrogen and oxygen atoms in total. The molecule has 1 aliphatic rings. The Labute approximate surface area is 159 Å². The molecule has 1 N–H and O–H groups in total. The molecule has 3 rings (SSSR count). The van der Waals surface area contributed by atoms with E-state index in [1.807, 2.05) is 19.1 Å². The van der Waals surface area contributed by atoms with Gasteiger partial charge in [-0.15, -0.1) is 0 Å². The number of hydrogen-bond acceptors (Lipinski definition) is 5. The Morgan fingerprint density at radius 1 is 1.15 bits per heavy atom. The summed E-state index contributed by atoms with van der Waals surface area (Å²) < 4.78 is 10.7. The number of nitrogens with one attached hydrogen (secondary N) is 1. The predicted molar refractivity (Wildman–Crippen MR) is 105 cm³/mol. The number of aryl methyl sites for hydroxylation is 1. The fourth-order valence-corrected chi connectivity index (χ4v) is 3.17. The van der Waals surface area contributed by atoms with Crippen LogP contribution in [-0.2, 0) is 4.79 Å². The SMILES string of the molecule is COc1cc(C=O)ccc1OCC(=O)Nc1ccc(N2CCCC2)cc1C. The number of anilines is 2. The van der Waals surface area contributed by atoms with Crippen molar-refractivity contribution in [2.24, 2.45) is 0 Å². The number of ether oxygens (including phenoxy) is 2. The molecule has 1 amide bonds. The van der Waals surface area contributed by atoms with E-state index in [4.69, 9.17) is 9.47 Å². The van der Waals surface area contributed by atoms with Gasteiger partial charge in [-0.2, -0.15) is 0 Å². The van der Waals surface area contributed by atoms with Gasteiger partial charge in [0.2, 0.25) is 0 Å². The van der Waals surface area contributed by atoms with Crippen LogP contribution in [0.2, 0.25) is 0 Å². The average molecular weight is 368 g/mol. The van der Waals surface area contributed by atoms with Crippen LogP contribution in [0.15, 0.2) is 36.4 Å². The third kappa shape index (κ3) is 4.58. The minimum absolute atomic E-state index is 0.149. The number of nitrogens with zero attached hydrogens (tertiary/aromatic N) is 1. The molecule has 0 spiro atoms. The standard InChI is InChI=1S/C21H24N2O4/c1-15-11-17(23-9-3-4-10-23)6-7-18(15)22-21(25)14-27-19-8-5-16(13-24)12-20(19)26-2/h5-8,11-13H,3-4,9-10,14H2,1-2H3,(H,22,25). The normalized spacial score (nSPS) is 13.3. The van der Waals surface area contributed by atoms with E-state index >= 15 is 0 Å². The summed E-state index contributed by atoms with van der Waals surface area (Å²) in [5.74, 6) is 0.575. The number of rotatable bonds is 7. The maximum Gasteiger partial charge on any atom is 0.262 e. The van der Waals surface area contributed by atoms with Crippen LogP contribution in [0.25, 0.3) is 0 Å². The van der Waals surface area contributed by atoms with Gasteiger partial charge in [-0.3, -0.25) is 9.59 Å². The first-order valence-corrected chi connectivity index (χ1v) is 9.02. The van der Waals surface area contributed by atoms with Gasteiger partial charge in [-0.05, 0) is 61.7 Å². The van der Waals surface area contributed by atoms with Crippen LogP contribution in [0.5, 0.6) is 11.5 Å².